The molecule has 0 bridgehead atoms. The van der Waals surface area contributed by atoms with Gasteiger partial charge in [-0.25, -0.2) is 21.6 Å². The molecule has 1 atom stereocenters. The van der Waals surface area contributed by atoms with Crippen LogP contribution >= 0.6 is 10.7 Å². The first-order chi connectivity index (χ1) is 9.72. The lowest BCUT2D eigenvalue weighted by molar-refractivity contribution is 0.495. The number of benzene rings is 1. The quantitative estimate of drug-likeness (QED) is 0.765. The Hall–Kier alpha value is -0.630. The Morgan fingerprint density at radius 3 is 2.38 bits per heavy atom. The summed E-state index contributed by atoms with van der Waals surface area (Å²) in [6, 6.07) is 4.94. The molecule has 0 heterocycles. The summed E-state index contributed by atoms with van der Waals surface area (Å²) in [7, 11) is -2.45. The van der Waals surface area contributed by atoms with Crippen LogP contribution in [0.25, 0.3) is 0 Å². The highest BCUT2D eigenvalue weighted by Crippen LogP contribution is 2.34. The van der Waals surface area contributed by atoms with Gasteiger partial charge in [0.05, 0.1) is 9.79 Å². The van der Waals surface area contributed by atoms with Gasteiger partial charge in [-0.2, -0.15) is 0 Å². The van der Waals surface area contributed by atoms with Crippen LogP contribution in [-0.4, -0.2) is 22.9 Å². The first-order valence-electron chi connectivity index (χ1n) is 6.79. The predicted molar refractivity (Wildman–Crippen MR) is 81.2 cm³/mol. The molecule has 2 rings (SSSR count). The monoisotopic (exact) mass is 351 g/mol. The van der Waals surface area contributed by atoms with Gasteiger partial charge in [0.1, 0.15) is 0 Å². The lowest BCUT2D eigenvalue weighted by Crippen LogP contribution is -2.34. The third-order valence-corrected chi connectivity index (χ3v) is 6.40. The summed E-state index contributed by atoms with van der Waals surface area (Å²) in [4.78, 5) is -0.305. The molecule has 0 saturated heterocycles. The molecule has 1 aliphatic carbocycles. The van der Waals surface area contributed by atoms with Gasteiger partial charge >= 0.3 is 0 Å². The zero-order chi connectivity index (χ0) is 15.7. The molecule has 1 aromatic carbocycles. The van der Waals surface area contributed by atoms with Crippen molar-refractivity contribution in [1.82, 2.24) is 4.72 Å². The minimum atomic E-state index is -3.95. The van der Waals surface area contributed by atoms with E-state index < -0.39 is 19.1 Å². The van der Waals surface area contributed by atoms with Gasteiger partial charge in [0.2, 0.25) is 10.0 Å². The zero-order valence-electron chi connectivity index (χ0n) is 11.6. The SMILES string of the molecule is CCC(CC1CC1)NS(=O)(=O)c1cccc(S(=O)(=O)Cl)c1. The molecular weight excluding hydrogens is 334 g/mol. The minimum absolute atomic E-state index is 0.0847. The molecule has 1 fully saturated rings. The molecule has 8 heteroatoms. The van der Waals surface area contributed by atoms with E-state index in [-0.39, 0.29) is 15.8 Å². The van der Waals surface area contributed by atoms with Crippen LogP contribution in [0.4, 0.5) is 0 Å². The second-order valence-corrected chi connectivity index (χ2v) is 9.60. The first-order valence-corrected chi connectivity index (χ1v) is 10.6. The molecule has 0 aliphatic heterocycles. The molecular formula is C13H18ClNO4S2. The standard InChI is InChI=1S/C13H18ClNO4S2/c1-2-11(8-10-6-7-10)15-21(18,19)13-5-3-4-12(9-13)20(14,16)17/h3-5,9-11,15H,2,6-8H2,1H3. The van der Waals surface area contributed by atoms with Crippen LogP contribution in [0.1, 0.15) is 32.6 Å². The van der Waals surface area contributed by atoms with E-state index in [4.69, 9.17) is 10.7 Å². The zero-order valence-corrected chi connectivity index (χ0v) is 14.0. The van der Waals surface area contributed by atoms with Crippen molar-refractivity contribution in [2.24, 2.45) is 5.92 Å². The maximum atomic E-state index is 12.3. The van der Waals surface area contributed by atoms with Crippen LogP contribution in [0.15, 0.2) is 34.1 Å². The van der Waals surface area contributed by atoms with Crippen LogP contribution in [0.2, 0.25) is 0 Å². The maximum Gasteiger partial charge on any atom is 0.261 e. The van der Waals surface area contributed by atoms with Crippen molar-refractivity contribution in [2.75, 3.05) is 0 Å². The number of rotatable bonds is 7. The van der Waals surface area contributed by atoms with E-state index in [1.807, 2.05) is 6.92 Å². The number of sulfonamides is 1. The van der Waals surface area contributed by atoms with E-state index in [1.165, 1.54) is 18.2 Å². The Balaban J connectivity index is 2.22. The second kappa shape index (κ2) is 6.24. The largest absolute Gasteiger partial charge is 0.261 e. The molecule has 1 aromatic rings. The van der Waals surface area contributed by atoms with E-state index in [0.29, 0.717) is 12.3 Å². The molecule has 1 saturated carbocycles. The van der Waals surface area contributed by atoms with Crippen molar-refractivity contribution < 1.29 is 16.8 Å². The number of nitrogens with one attached hydrogen (secondary N) is 1. The Bertz CT molecular complexity index is 711. The Morgan fingerprint density at radius 2 is 1.86 bits per heavy atom. The minimum Gasteiger partial charge on any atom is -0.208 e. The Morgan fingerprint density at radius 1 is 1.24 bits per heavy atom. The number of hydrogen-bond acceptors (Lipinski definition) is 4. The fourth-order valence-corrected chi connectivity index (χ4v) is 4.38. The molecule has 0 spiro atoms. The highest BCUT2D eigenvalue weighted by atomic mass is 35.7. The summed E-state index contributed by atoms with van der Waals surface area (Å²) in [5.74, 6) is 0.604. The molecule has 1 unspecified atom stereocenters. The molecule has 21 heavy (non-hydrogen) atoms. The maximum absolute atomic E-state index is 12.3. The van der Waals surface area contributed by atoms with Gasteiger partial charge in [-0.3, -0.25) is 0 Å². The Labute approximate surface area is 130 Å². The summed E-state index contributed by atoms with van der Waals surface area (Å²) in [6.07, 6.45) is 3.82. The van der Waals surface area contributed by atoms with Crippen molar-refractivity contribution in [1.29, 1.82) is 0 Å². The summed E-state index contributed by atoms with van der Waals surface area (Å²) < 4.78 is 49.9. The third-order valence-electron chi connectivity index (χ3n) is 3.53. The van der Waals surface area contributed by atoms with E-state index in [9.17, 15) is 16.8 Å². The van der Waals surface area contributed by atoms with Crippen molar-refractivity contribution >= 4 is 29.8 Å². The number of hydrogen-bond donors (Lipinski definition) is 1. The molecule has 0 aromatic heterocycles. The summed E-state index contributed by atoms with van der Waals surface area (Å²) >= 11 is 0. The third kappa shape index (κ3) is 4.67. The van der Waals surface area contributed by atoms with Gasteiger partial charge in [-0.1, -0.05) is 25.8 Å². The van der Waals surface area contributed by atoms with Crippen LogP contribution in [0.5, 0.6) is 0 Å². The normalized spacial score (nSPS) is 17.6. The van der Waals surface area contributed by atoms with E-state index in [1.54, 1.807) is 0 Å². The number of halogens is 1. The molecule has 5 nitrogen and oxygen atoms in total. The van der Waals surface area contributed by atoms with Crippen LogP contribution in [0, 0.1) is 5.92 Å². The average Bonchev–Trinajstić information content (AvgIpc) is 3.21. The molecule has 1 N–H and O–H groups in total. The van der Waals surface area contributed by atoms with Crippen molar-refractivity contribution in [2.45, 2.75) is 48.4 Å². The van der Waals surface area contributed by atoms with Crippen molar-refractivity contribution in [3.63, 3.8) is 0 Å². The highest BCUT2D eigenvalue weighted by molar-refractivity contribution is 8.13. The van der Waals surface area contributed by atoms with Crippen molar-refractivity contribution in [3.05, 3.63) is 24.3 Å². The lowest BCUT2D eigenvalue weighted by Gasteiger charge is -2.17. The average molecular weight is 352 g/mol. The van der Waals surface area contributed by atoms with E-state index >= 15 is 0 Å². The van der Waals surface area contributed by atoms with Crippen LogP contribution < -0.4 is 4.72 Å². The molecule has 0 radical (unpaired) electrons. The van der Waals surface area contributed by atoms with E-state index in [2.05, 4.69) is 4.72 Å². The van der Waals surface area contributed by atoms with Crippen molar-refractivity contribution in [3.8, 4) is 0 Å². The van der Waals surface area contributed by atoms with Gasteiger partial charge in [0.15, 0.2) is 0 Å². The lowest BCUT2D eigenvalue weighted by atomic mass is 10.1. The topological polar surface area (TPSA) is 80.3 Å². The van der Waals surface area contributed by atoms with Gasteiger partial charge < -0.3 is 0 Å². The van der Waals surface area contributed by atoms with Crippen LogP contribution in [0.3, 0.4) is 0 Å². The van der Waals surface area contributed by atoms with Gasteiger partial charge in [0.25, 0.3) is 9.05 Å². The fraction of sp³-hybridized carbons (Fsp3) is 0.538. The predicted octanol–water partition coefficient (Wildman–Crippen LogP) is 2.47. The fourth-order valence-electron chi connectivity index (χ4n) is 2.13. The van der Waals surface area contributed by atoms with Gasteiger partial charge in [-0.05, 0) is 37.0 Å². The molecule has 0 amide bonds. The van der Waals surface area contributed by atoms with Gasteiger partial charge in [-0.15, -0.1) is 0 Å². The molecule has 118 valence electrons. The van der Waals surface area contributed by atoms with Crippen LogP contribution in [-0.2, 0) is 19.1 Å². The first kappa shape index (κ1) is 16.7. The Kier molecular flexibility index (Phi) is 4.97. The van der Waals surface area contributed by atoms with E-state index in [0.717, 1.165) is 25.3 Å². The smallest absolute Gasteiger partial charge is 0.208 e. The summed E-state index contributed by atoms with van der Waals surface area (Å²) in [5, 5.41) is 0. The highest BCUT2D eigenvalue weighted by Gasteiger charge is 2.28. The second-order valence-electron chi connectivity index (χ2n) is 5.32. The van der Waals surface area contributed by atoms with Gasteiger partial charge in [0, 0.05) is 16.7 Å². The summed E-state index contributed by atoms with van der Waals surface area (Å²) in [5.41, 5.74) is 0. The summed E-state index contributed by atoms with van der Waals surface area (Å²) in [6.45, 7) is 1.93. The molecule has 1 aliphatic rings.